The number of nitrogens with one attached hydrogen (secondary N) is 1. The van der Waals surface area contributed by atoms with Crippen LogP contribution in [0.1, 0.15) is 28.4 Å². The molecule has 0 fully saturated rings. The number of pyridine rings is 1. The number of methoxy groups -OCH3 is 1. The lowest BCUT2D eigenvalue weighted by molar-refractivity contribution is 0.0204. The van der Waals surface area contributed by atoms with E-state index in [9.17, 15) is 13.2 Å². The highest BCUT2D eigenvalue weighted by molar-refractivity contribution is 7.90. The van der Waals surface area contributed by atoms with Gasteiger partial charge in [-0.25, -0.2) is 13.4 Å². The van der Waals surface area contributed by atoms with E-state index in [-0.39, 0.29) is 10.8 Å². The molecule has 2 heterocycles. The summed E-state index contributed by atoms with van der Waals surface area (Å²) in [5, 5.41) is 2.79. The fraction of sp³-hybridized carbons (Fsp3) is 0.280. The van der Waals surface area contributed by atoms with Crippen LogP contribution in [0.5, 0.6) is 17.2 Å². The Balaban J connectivity index is 1.67. The monoisotopic (exact) mass is 482 g/mol. The third-order valence-electron chi connectivity index (χ3n) is 5.42. The van der Waals surface area contributed by atoms with Gasteiger partial charge in [0, 0.05) is 37.1 Å². The summed E-state index contributed by atoms with van der Waals surface area (Å²) < 4.78 is 41.1. The summed E-state index contributed by atoms with van der Waals surface area (Å²) in [7, 11) is -1.72. The van der Waals surface area contributed by atoms with Crippen LogP contribution in [0.4, 0.5) is 5.82 Å². The zero-order valence-electron chi connectivity index (χ0n) is 19.4. The second-order valence-corrected chi connectivity index (χ2v) is 10.6. The highest BCUT2D eigenvalue weighted by Gasteiger charge is 2.38. The zero-order valence-corrected chi connectivity index (χ0v) is 20.2. The SMILES string of the molecule is COCC1(C)Cc2c(Oc3ccc(S(C)(=O)=O)cc3)cc(C(=O)Nc3ccc(C)cn3)cc2O1. The van der Waals surface area contributed by atoms with Gasteiger partial charge in [0.25, 0.3) is 5.91 Å². The van der Waals surface area contributed by atoms with Crippen molar-refractivity contribution >= 4 is 21.6 Å². The lowest BCUT2D eigenvalue weighted by Crippen LogP contribution is -2.35. The van der Waals surface area contributed by atoms with Crippen molar-refractivity contribution in [3.8, 4) is 17.2 Å². The van der Waals surface area contributed by atoms with Gasteiger partial charge in [-0.3, -0.25) is 4.79 Å². The lowest BCUT2D eigenvalue weighted by Gasteiger charge is -2.22. The van der Waals surface area contributed by atoms with Crippen LogP contribution in [0.25, 0.3) is 0 Å². The molecule has 34 heavy (non-hydrogen) atoms. The average molecular weight is 483 g/mol. The molecule has 9 heteroatoms. The van der Waals surface area contributed by atoms with Crippen LogP contribution in [-0.2, 0) is 21.0 Å². The predicted octanol–water partition coefficient (Wildman–Crippen LogP) is 4.18. The molecule has 1 N–H and O–H groups in total. The Kier molecular flexibility index (Phi) is 6.33. The molecule has 178 valence electrons. The Hall–Kier alpha value is -3.43. The molecular formula is C25H26N2O6S. The molecule has 1 amide bonds. The van der Waals surface area contributed by atoms with Gasteiger partial charge in [-0.15, -0.1) is 0 Å². The van der Waals surface area contributed by atoms with Gasteiger partial charge >= 0.3 is 0 Å². The number of benzene rings is 2. The van der Waals surface area contributed by atoms with E-state index in [1.54, 1.807) is 43.6 Å². The molecule has 0 spiro atoms. The van der Waals surface area contributed by atoms with Gasteiger partial charge in [0.05, 0.1) is 11.5 Å². The molecule has 1 aliphatic heterocycles. The fourth-order valence-electron chi connectivity index (χ4n) is 3.78. The quantitative estimate of drug-likeness (QED) is 0.539. The van der Waals surface area contributed by atoms with Crippen molar-refractivity contribution in [2.75, 3.05) is 25.3 Å². The van der Waals surface area contributed by atoms with Gasteiger partial charge in [0.1, 0.15) is 28.7 Å². The Morgan fingerprint density at radius 3 is 2.53 bits per heavy atom. The molecule has 0 saturated carbocycles. The van der Waals surface area contributed by atoms with Gasteiger partial charge in [0.2, 0.25) is 0 Å². The molecule has 0 aliphatic carbocycles. The van der Waals surface area contributed by atoms with Gasteiger partial charge in [-0.1, -0.05) is 6.07 Å². The topological polar surface area (TPSA) is 104 Å². The zero-order chi connectivity index (χ0) is 24.5. The number of anilines is 1. The molecule has 2 aromatic carbocycles. The first kappa shape index (κ1) is 23.7. The van der Waals surface area contributed by atoms with Gasteiger partial charge in [-0.05, 0) is 61.9 Å². The van der Waals surface area contributed by atoms with Crippen LogP contribution in [0.3, 0.4) is 0 Å². The lowest BCUT2D eigenvalue weighted by atomic mass is 9.98. The molecule has 8 nitrogen and oxygen atoms in total. The van der Waals surface area contributed by atoms with Crippen molar-refractivity contribution in [2.24, 2.45) is 0 Å². The summed E-state index contributed by atoms with van der Waals surface area (Å²) in [4.78, 5) is 17.4. The highest BCUT2D eigenvalue weighted by Crippen LogP contribution is 2.43. The summed E-state index contributed by atoms with van der Waals surface area (Å²) in [5.41, 5.74) is 1.52. The number of aromatic nitrogens is 1. The number of amides is 1. The van der Waals surface area contributed by atoms with E-state index >= 15 is 0 Å². The molecule has 1 aliphatic rings. The van der Waals surface area contributed by atoms with E-state index in [0.29, 0.717) is 41.7 Å². The number of fused-ring (bicyclic) bond motifs is 1. The normalized spacial score (nSPS) is 17.1. The molecule has 1 aromatic heterocycles. The number of sulfone groups is 1. The van der Waals surface area contributed by atoms with Gasteiger partial charge in [-0.2, -0.15) is 0 Å². The first-order chi connectivity index (χ1) is 16.1. The van der Waals surface area contributed by atoms with Crippen molar-refractivity contribution in [1.29, 1.82) is 0 Å². The summed E-state index contributed by atoms with van der Waals surface area (Å²) >= 11 is 0. The van der Waals surface area contributed by atoms with E-state index in [2.05, 4.69) is 10.3 Å². The first-order valence-electron chi connectivity index (χ1n) is 10.6. The van der Waals surface area contributed by atoms with Crippen molar-refractivity contribution < 1.29 is 27.4 Å². The molecule has 4 rings (SSSR count). The smallest absolute Gasteiger partial charge is 0.257 e. The highest BCUT2D eigenvalue weighted by atomic mass is 32.2. The molecule has 1 unspecified atom stereocenters. The first-order valence-corrected chi connectivity index (χ1v) is 12.5. The maximum Gasteiger partial charge on any atom is 0.257 e. The number of ether oxygens (including phenoxy) is 3. The third kappa shape index (κ3) is 5.21. The summed E-state index contributed by atoms with van der Waals surface area (Å²) in [6, 6.07) is 13.0. The molecule has 1 atom stereocenters. The van der Waals surface area contributed by atoms with Gasteiger partial charge in [0.15, 0.2) is 9.84 Å². The van der Waals surface area contributed by atoms with E-state index in [1.165, 1.54) is 12.1 Å². The number of rotatable bonds is 7. The summed E-state index contributed by atoms with van der Waals surface area (Å²) in [6.07, 6.45) is 3.34. The second-order valence-electron chi connectivity index (χ2n) is 8.63. The van der Waals surface area contributed by atoms with E-state index in [0.717, 1.165) is 17.4 Å². The maximum atomic E-state index is 13.0. The predicted molar refractivity (Wildman–Crippen MR) is 128 cm³/mol. The van der Waals surface area contributed by atoms with Crippen LogP contribution in [0.15, 0.2) is 59.6 Å². The molecule has 0 saturated heterocycles. The van der Waals surface area contributed by atoms with Crippen molar-refractivity contribution in [1.82, 2.24) is 4.98 Å². The van der Waals surface area contributed by atoms with Crippen molar-refractivity contribution in [3.63, 3.8) is 0 Å². The molecule has 3 aromatic rings. The molecular weight excluding hydrogens is 456 g/mol. The fourth-order valence-corrected chi connectivity index (χ4v) is 4.41. The standard InChI is InChI=1S/C25H26N2O6S/c1-16-5-10-23(26-14-16)27-24(28)17-11-21(20-13-25(2,15-31-3)33-22(20)12-17)32-18-6-8-19(9-7-18)34(4,29)30/h5-12,14H,13,15H2,1-4H3,(H,26,27,28). The number of hydrogen-bond acceptors (Lipinski definition) is 7. The van der Waals surface area contributed by atoms with Crippen LogP contribution in [0.2, 0.25) is 0 Å². The third-order valence-corrected chi connectivity index (χ3v) is 6.55. The molecule has 0 radical (unpaired) electrons. The number of carbonyl (C=O) groups is 1. The largest absolute Gasteiger partial charge is 0.484 e. The van der Waals surface area contributed by atoms with E-state index in [4.69, 9.17) is 14.2 Å². The minimum atomic E-state index is -3.32. The number of aryl methyl sites for hydroxylation is 1. The number of carbonyl (C=O) groups excluding carboxylic acids is 1. The average Bonchev–Trinajstić information content (AvgIpc) is 3.11. The Bertz CT molecular complexity index is 1320. The van der Waals surface area contributed by atoms with Crippen LogP contribution < -0.4 is 14.8 Å². The van der Waals surface area contributed by atoms with Crippen molar-refractivity contribution in [3.05, 3.63) is 71.4 Å². The van der Waals surface area contributed by atoms with Crippen LogP contribution >= 0.6 is 0 Å². The molecule has 0 bridgehead atoms. The second kappa shape index (κ2) is 9.08. The van der Waals surface area contributed by atoms with E-state index < -0.39 is 15.4 Å². The van der Waals surface area contributed by atoms with Gasteiger partial charge < -0.3 is 19.5 Å². The summed E-state index contributed by atoms with van der Waals surface area (Å²) in [5.74, 6) is 1.49. The van der Waals surface area contributed by atoms with Crippen molar-refractivity contribution in [2.45, 2.75) is 30.8 Å². The van der Waals surface area contributed by atoms with E-state index in [1.807, 2.05) is 19.9 Å². The minimum Gasteiger partial charge on any atom is -0.484 e. The summed E-state index contributed by atoms with van der Waals surface area (Å²) in [6.45, 7) is 4.20. The van der Waals surface area contributed by atoms with Crippen LogP contribution in [-0.4, -0.2) is 44.9 Å². The van der Waals surface area contributed by atoms with Crippen LogP contribution in [0, 0.1) is 6.92 Å². The number of hydrogen-bond donors (Lipinski definition) is 1. The number of nitrogens with zero attached hydrogens (tertiary/aromatic N) is 1. The Morgan fingerprint density at radius 1 is 1.18 bits per heavy atom. The Labute approximate surface area is 198 Å². The minimum absolute atomic E-state index is 0.194. The maximum absolute atomic E-state index is 13.0. The Morgan fingerprint density at radius 2 is 1.91 bits per heavy atom.